The standard InChI is InChI=1S/C23H24F2N2O2/c1-5-17(28)29-22-12(2)18-16(27-23(22,3)4)11-15(24)19(20(18)25)14-8-6-7-13-9-10-26-21(13)14/h6-12,22,26-27H,5H2,1-4H3/t12-,22+/m1/s1. The van der Waals surface area contributed by atoms with Gasteiger partial charge in [0.2, 0.25) is 0 Å². The van der Waals surface area contributed by atoms with E-state index in [0.29, 0.717) is 22.3 Å². The number of halogens is 2. The second-order valence-corrected chi connectivity index (χ2v) is 8.16. The van der Waals surface area contributed by atoms with Gasteiger partial charge in [-0.3, -0.25) is 4.79 Å². The Labute approximate surface area is 168 Å². The van der Waals surface area contributed by atoms with Crippen LogP contribution in [-0.2, 0) is 9.53 Å². The summed E-state index contributed by atoms with van der Waals surface area (Å²) in [7, 11) is 0. The summed E-state index contributed by atoms with van der Waals surface area (Å²) >= 11 is 0. The van der Waals surface area contributed by atoms with Gasteiger partial charge in [0.25, 0.3) is 0 Å². The molecule has 0 saturated heterocycles. The van der Waals surface area contributed by atoms with E-state index in [4.69, 9.17) is 4.74 Å². The second kappa shape index (κ2) is 6.87. The lowest BCUT2D eigenvalue weighted by atomic mass is 9.77. The predicted octanol–water partition coefficient (Wildman–Crippen LogP) is 5.74. The molecule has 2 aromatic carbocycles. The van der Waals surface area contributed by atoms with Crippen LogP contribution >= 0.6 is 0 Å². The van der Waals surface area contributed by atoms with Crippen molar-refractivity contribution in [2.24, 2.45) is 0 Å². The number of carbonyl (C=O) groups is 1. The van der Waals surface area contributed by atoms with E-state index in [1.807, 2.05) is 32.9 Å². The van der Waals surface area contributed by atoms with Crippen molar-refractivity contribution >= 4 is 22.6 Å². The minimum atomic E-state index is -0.670. The molecule has 0 fully saturated rings. The lowest BCUT2D eigenvalue weighted by Gasteiger charge is -2.44. The molecule has 29 heavy (non-hydrogen) atoms. The minimum Gasteiger partial charge on any atom is -0.459 e. The first-order valence-electron chi connectivity index (χ1n) is 9.80. The second-order valence-electron chi connectivity index (χ2n) is 8.16. The summed E-state index contributed by atoms with van der Waals surface area (Å²) in [4.78, 5) is 15.0. The lowest BCUT2D eigenvalue weighted by molar-refractivity contribution is -0.152. The maximum Gasteiger partial charge on any atom is 0.305 e. The Hall–Kier alpha value is -2.89. The van der Waals surface area contributed by atoms with Gasteiger partial charge < -0.3 is 15.0 Å². The van der Waals surface area contributed by atoms with Gasteiger partial charge in [-0.15, -0.1) is 0 Å². The predicted molar refractivity (Wildman–Crippen MR) is 110 cm³/mol. The zero-order valence-corrected chi connectivity index (χ0v) is 16.9. The maximum atomic E-state index is 15.8. The summed E-state index contributed by atoms with van der Waals surface area (Å²) < 4.78 is 36.6. The molecule has 6 heteroatoms. The van der Waals surface area contributed by atoms with Gasteiger partial charge in [0, 0.05) is 35.3 Å². The van der Waals surface area contributed by atoms with Gasteiger partial charge >= 0.3 is 5.97 Å². The molecular weight excluding hydrogens is 374 g/mol. The largest absolute Gasteiger partial charge is 0.459 e. The van der Waals surface area contributed by atoms with E-state index in [9.17, 15) is 4.79 Å². The molecule has 1 aliphatic heterocycles. The molecule has 0 saturated carbocycles. The molecule has 2 N–H and O–H groups in total. The number of hydrogen-bond acceptors (Lipinski definition) is 3. The van der Waals surface area contributed by atoms with Gasteiger partial charge in [-0.05, 0) is 31.4 Å². The molecule has 0 radical (unpaired) electrons. The molecule has 0 aliphatic carbocycles. The number of para-hydroxylation sites is 1. The fraction of sp³-hybridized carbons (Fsp3) is 0.348. The van der Waals surface area contributed by atoms with E-state index in [-0.39, 0.29) is 18.0 Å². The van der Waals surface area contributed by atoms with E-state index in [1.54, 1.807) is 25.3 Å². The number of benzene rings is 2. The SMILES string of the molecule is CCC(=O)O[C@H]1[C@H](C)c2c(cc(F)c(-c3cccc4cc[nH]c34)c2F)NC1(C)C. The van der Waals surface area contributed by atoms with Crippen LogP contribution in [0.25, 0.3) is 22.0 Å². The van der Waals surface area contributed by atoms with Crippen LogP contribution in [0, 0.1) is 11.6 Å². The van der Waals surface area contributed by atoms with Crippen LogP contribution in [0.1, 0.15) is 45.6 Å². The van der Waals surface area contributed by atoms with Crippen LogP contribution in [0.4, 0.5) is 14.5 Å². The quantitative estimate of drug-likeness (QED) is 0.553. The molecule has 4 nitrogen and oxygen atoms in total. The number of H-pyrrole nitrogens is 1. The van der Waals surface area contributed by atoms with Gasteiger partial charge in [-0.2, -0.15) is 0 Å². The van der Waals surface area contributed by atoms with E-state index in [0.717, 1.165) is 5.39 Å². The summed E-state index contributed by atoms with van der Waals surface area (Å²) in [5, 5.41) is 4.05. The van der Waals surface area contributed by atoms with Gasteiger partial charge in [0.15, 0.2) is 0 Å². The molecule has 1 aromatic heterocycles. The average molecular weight is 398 g/mol. The smallest absolute Gasteiger partial charge is 0.305 e. The van der Waals surface area contributed by atoms with Gasteiger partial charge in [-0.25, -0.2) is 8.78 Å². The summed E-state index contributed by atoms with van der Waals surface area (Å²) in [5.41, 5.74) is 1.12. The Bertz CT molecular complexity index is 1100. The third-order valence-electron chi connectivity index (χ3n) is 5.74. The Balaban J connectivity index is 1.90. The zero-order chi connectivity index (χ0) is 20.9. The van der Waals surface area contributed by atoms with Crippen molar-refractivity contribution in [2.75, 3.05) is 5.32 Å². The summed E-state index contributed by atoms with van der Waals surface area (Å²) in [6.07, 6.45) is 1.39. The monoisotopic (exact) mass is 398 g/mol. The van der Waals surface area contributed by atoms with Crippen molar-refractivity contribution in [3.63, 3.8) is 0 Å². The van der Waals surface area contributed by atoms with Crippen LogP contribution in [0.15, 0.2) is 36.5 Å². The zero-order valence-electron chi connectivity index (χ0n) is 16.9. The molecule has 0 spiro atoms. The van der Waals surface area contributed by atoms with Crippen LogP contribution in [0.2, 0.25) is 0 Å². The number of aromatic amines is 1. The Morgan fingerprint density at radius 3 is 2.72 bits per heavy atom. The van der Waals surface area contributed by atoms with Crippen LogP contribution < -0.4 is 5.32 Å². The molecule has 1 aliphatic rings. The number of carbonyl (C=O) groups excluding carboxylic acids is 1. The number of anilines is 1. The lowest BCUT2D eigenvalue weighted by Crippen LogP contribution is -2.52. The molecule has 0 amide bonds. The van der Waals surface area contributed by atoms with Crippen molar-refractivity contribution in [1.29, 1.82) is 0 Å². The van der Waals surface area contributed by atoms with Crippen molar-refractivity contribution < 1.29 is 18.3 Å². The number of esters is 1. The average Bonchev–Trinajstić information content (AvgIpc) is 3.13. The molecule has 2 heterocycles. The molecule has 0 unspecified atom stereocenters. The first kappa shape index (κ1) is 19.4. The maximum absolute atomic E-state index is 15.8. The summed E-state index contributed by atoms with van der Waals surface area (Å²) in [6.45, 7) is 7.26. The van der Waals surface area contributed by atoms with Crippen LogP contribution in [0.3, 0.4) is 0 Å². The number of aromatic nitrogens is 1. The highest BCUT2D eigenvalue weighted by Crippen LogP contribution is 2.46. The van der Waals surface area contributed by atoms with Gasteiger partial charge in [-0.1, -0.05) is 32.0 Å². The van der Waals surface area contributed by atoms with Crippen molar-refractivity contribution in [1.82, 2.24) is 4.98 Å². The number of fused-ring (bicyclic) bond motifs is 2. The Kier molecular flexibility index (Phi) is 4.60. The van der Waals surface area contributed by atoms with Gasteiger partial charge in [0.05, 0.1) is 16.6 Å². The molecule has 0 bridgehead atoms. The summed E-state index contributed by atoms with van der Waals surface area (Å²) in [6, 6.07) is 8.56. The minimum absolute atomic E-state index is 0.0780. The molecule has 2 atom stereocenters. The van der Waals surface area contributed by atoms with Gasteiger partial charge in [0.1, 0.15) is 17.7 Å². The molecule has 4 rings (SSSR count). The third kappa shape index (κ3) is 3.07. The number of rotatable bonds is 3. The van der Waals surface area contributed by atoms with Crippen molar-refractivity contribution in [3.8, 4) is 11.1 Å². The topological polar surface area (TPSA) is 54.1 Å². The first-order valence-corrected chi connectivity index (χ1v) is 9.80. The number of ether oxygens (including phenoxy) is 1. The fourth-order valence-corrected chi connectivity index (χ4v) is 4.39. The highest BCUT2D eigenvalue weighted by Gasteiger charge is 2.44. The van der Waals surface area contributed by atoms with Crippen molar-refractivity contribution in [3.05, 3.63) is 53.7 Å². The fourth-order valence-electron chi connectivity index (χ4n) is 4.39. The Morgan fingerprint density at radius 2 is 2.00 bits per heavy atom. The van der Waals surface area contributed by atoms with E-state index in [1.165, 1.54) is 6.07 Å². The number of hydrogen-bond donors (Lipinski definition) is 2. The van der Waals surface area contributed by atoms with E-state index in [2.05, 4.69) is 10.3 Å². The molecule has 152 valence electrons. The molecule has 3 aromatic rings. The summed E-state index contributed by atoms with van der Waals surface area (Å²) in [5.74, 6) is -2.06. The van der Waals surface area contributed by atoms with Crippen LogP contribution in [0.5, 0.6) is 0 Å². The van der Waals surface area contributed by atoms with Crippen LogP contribution in [-0.4, -0.2) is 22.6 Å². The highest BCUT2D eigenvalue weighted by molar-refractivity contribution is 5.95. The molecular formula is C23H24F2N2O2. The highest BCUT2D eigenvalue weighted by atomic mass is 19.1. The van der Waals surface area contributed by atoms with E-state index < -0.39 is 29.2 Å². The Morgan fingerprint density at radius 1 is 1.24 bits per heavy atom. The van der Waals surface area contributed by atoms with E-state index >= 15 is 8.78 Å². The third-order valence-corrected chi connectivity index (χ3v) is 5.74. The number of nitrogens with one attached hydrogen (secondary N) is 2. The normalized spacial score (nSPS) is 20.2. The van der Waals surface area contributed by atoms with Crippen molar-refractivity contribution in [2.45, 2.75) is 51.7 Å². The first-order chi connectivity index (χ1) is 13.7.